The van der Waals surface area contributed by atoms with Crippen molar-refractivity contribution in [3.8, 4) is 16.3 Å². The van der Waals surface area contributed by atoms with E-state index in [4.69, 9.17) is 5.10 Å². The number of thiophene rings is 1. The van der Waals surface area contributed by atoms with Crippen LogP contribution in [-0.2, 0) is 6.42 Å². The first-order valence-corrected chi connectivity index (χ1v) is 9.57. The van der Waals surface area contributed by atoms with Gasteiger partial charge in [-0.1, -0.05) is 15.9 Å². The van der Waals surface area contributed by atoms with Gasteiger partial charge in [0.05, 0.1) is 10.6 Å². The second-order valence-electron chi connectivity index (χ2n) is 5.94. The third-order valence-electron chi connectivity index (χ3n) is 4.16. The normalized spacial score (nSPS) is 14.2. The monoisotopic (exact) mass is 387 g/mol. The van der Waals surface area contributed by atoms with E-state index in [0.29, 0.717) is 0 Å². The lowest BCUT2D eigenvalue weighted by molar-refractivity contribution is 0.780. The molecule has 118 valence electrons. The summed E-state index contributed by atoms with van der Waals surface area (Å²) in [6.45, 7) is 3.15. The first kappa shape index (κ1) is 15.0. The lowest BCUT2D eigenvalue weighted by Gasteiger charge is -2.09. The Balaban J connectivity index is 1.89. The number of hydrogen-bond acceptors (Lipinski definition) is 3. The van der Waals surface area contributed by atoms with Crippen molar-refractivity contribution in [1.29, 1.82) is 0 Å². The Labute approximate surface area is 148 Å². The zero-order valence-corrected chi connectivity index (χ0v) is 15.4. The number of fused-ring (bicyclic) bond motifs is 1. The van der Waals surface area contributed by atoms with Crippen molar-refractivity contribution < 1.29 is 0 Å². The summed E-state index contributed by atoms with van der Waals surface area (Å²) in [4.78, 5) is 1.26. The molecule has 3 nitrogen and oxygen atoms in total. The molecule has 0 amide bonds. The fourth-order valence-corrected chi connectivity index (χ4v) is 4.20. The van der Waals surface area contributed by atoms with Crippen molar-refractivity contribution >= 4 is 33.1 Å². The van der Waals surface area contributed by atoms with Crippen LogP contribution in [0, 0.1) is 6.92 Å². The average molecular weight is 388 g/mol. The molecule has 0 saturated carbocycles. The maximum atomic E-state index is 4.97. The Morgan fingerprint density at radius 1 is 1.22 bits per heavy atom. The molecule has 0 unspecified atom stereocenters. The largest absolute Gasteiger partial charge is 0.370 e. The molecular weight excluding hydrogens is 370 g/mol. The highest BCUT2D eigenvalue weighted by Crippen LogP contribution is 2.36. The number of anilines is 1. The number of benzene rings is 1. The van der Waals surface area contributed by atoms with E-state index < -0.39 is 0 Å². The third-order valence-corrected chi connectivity index (χ3v) is 5.75. The van der Waals surface area contributed by atoms with Gasteiger partial charge in [0.25, 0.3) is 0 Å². The Morgan fingerprint density at radius 3 is 2.78 bits per heavy atom. The van der Waals surface area contributed by atoms with Gasteiger partial charge >= 0.3 is 0 Å². The van der Waals surface area contributed by atoms with Crippen molar-refractivity contribution in [2.24, 2.45) is 0 Å². The van der Waals surface area contributed by atoms with E-state index in [-0.39, 0.29) is 0 Å². The molecule has 1 aromatic carbocycles. The first-order valence-electron chi connectivity index (χ1n) is 7.89. The summed E-state index contributed by atoms with van der Waals surface area (Å²) in [5, 5.41) is 10.8. The minimum atomic E-state index is 1.01. The molecule has 1 aliphatic heterocycles. The van der Waals surface area contributed by atoms with Crippen LogP contribution in [0.4, 0.5) is 5.82 Å². The number of halogens is 1. The van der Waals surface area contributed by atoms with Crippen molar-refractivity contribution in [3.63, 3.8) is 0 Å². The van der Waals surface area contributed by atoms with Crippen LogP contribution in [0.1, 0.15) is 24.0 Å². The second-order valence-corrected chi connectivity index (χ2v) is 7.76. The van der Waals surface area contributed by atoms with Crippen molar-refractivity contribution in [2.45, 2.75) is 26.2 Å². The molecule has 3 aromatic rings. The van der Waals surface area contributed by atoms with Gasteiger partial charge in [0.2, 0.25) is 0 Å². The highest BCUT2D eigenvalue weighted by Gasteiger charge is 2.22. The topological polar surface area (TPSA) is 29.9 Å². The van der Waals surface area contributed by atoms with Crippen LogP contribution in [-0.4, -0.2) is 16.3 Å². The molecule has 0 bridgehead atoms. The van der Waals surface area contributed by atoms with Crippen LogP contribution in [0.5, 0.6) is 0 Å². The van der Waals surface area contributed by atoms with Crippen molar-refractivity contribution in [1.82, 2.24) is 9.78 Å². The number of nitrogens with one attached hydrogen (secondary N) is 1. The summed E-state index contributed by atoms with van der Waals surface area (Å²) >= 11 is 5.29. The summed E-state index contributed by atoms with van der Waals surface area (Å²) in [5.41, 5.74) is 4.89. The molecule has 0 saturated heterocycles. The van der Waals surface area contributed by atoms with E-state index in [1.807, 2.05) is 0 Å². The summed E-state index contributed by atoms with van der Waals surface area (Å²) < 4.78 is 3.15. The highest BCUT2D eigenvalue weighted by molar-refractivity contribution is 9.10. The Kier molecular flexibility index (Phi) is 3.99. The van der Waals surface area contributed by atoms with Gasteiger partial charge in [0, 0.05) is 16.6 Å². The lowest BCUT2D eigenvalue weighted by Crippen LogP contribution is -2.07. The number of rotatable bonds is 2. The van der Waals surface area contributed by atoms with E-state index in [0.717, 1.165) is 34.6 Å². The van der Waals surface area contributed by atoms with E-state index in [1.54, 1.807) is 11.3 Å². The molecule has 23 heavy (non-hydrogen) atoms. The molecule has 0 aliphatic carbocycles. The highest BCUT2D eigenvalue weighted by atomic mass is 79.9. The zero-order chi connectivity index (χ0) is 15.8. The van der Waals surface area contributed by atoms with Gasteiger partial charge in [-0.25, -0.2) is 4.68 Å². The zero-order valence-electron chi connectivity index (χ0n) is 13.0. The predicted octanol–water partition coefficient (Wildman–Crippen LogP) is 5.42. The molecule has 1 N–H and O–H groups in total. The van der Waals surface area contributed by atoms with Crippen LogP contribution in [0.2, 0.25) is 0 Å². The molecular formula is C18H18BrN3S. The van der Waals surface area contributed by atoms with E-state index in [2.05, 4.69) is 68.6 Å². The first-order chi connectivity index (χ1) is 11.2. The van der Waals surface area contributed by atoms with E-state index >= 15 is 0 Å². The number of aryl methyl sites for hydroxylation is 1. The van der Waals surface area contributed by atoms with E-state index in [9.17, 15) is 0 Å². The Morgan fingerprint density at radius 2 is 2.04 bits per heavy atom. The van der Waals surface area contributed by atoms with Crippen molar-refractivity contribution in [2.75, 3.05) is 11.9 Å². The summed E-state index contributed by atoms with van der Waals surface area (Å²) in [6.07, 6.45) is 3.51. The summed E-state index contributed by atoms with van der Waals surface area (Å²) in [6, 6.07) is 10.6. The molecule has 1 aliphatic rings. The molecule has 4 rings (SSSR count). The molecule has 0 spiro atoms. The molecule has 5 heteroatoms. The fraction of sp³-hybridized carbons (Fsp3) is 0.278. The van der Waals surface area contributed by atoms with Gasteiger partial charge in [-0.2, -0.15) is 5.10 Å². The van der Waals surface area contributed by atoms with Gasteiger partial charge < -0.3 is 5.32 Å². The maximum absolute atomic E-state index is 4.97. The van der Waals surface area contributed by atoms with E-state index in [1.165, 1.54) is 28.8 Å². The molecule has 3 heterocycles. The molecule has 0 atom stereocenters. The van der Waals surface area contributed by atoms with Gasteiger partial charge in [-0.15, -0.1) is 11.3 Å². The average Bonchev–Trinajstić information content (AvgIpc) is 3.04. The van der Waals surface area contributed by atoms with Crippen molar-refractivity contribution in [3.05, 3.63) is 51.3 Å². The number of aromatic nitrogens is 2. The molecule has 0 fully saturated rings. The number of hydrogen-bond donors (Lipinski definition) is 1. The van der Waals surface area contributed by atoms with Gasteiger partial charge in [-0.05, 0) is 67.5 Å². The van der Waals surface area contributed by atoms with Crippen LogP contribution in [0.3, 0.4) is 0 Å². The smallest absolute Gasteiger partial charge is 0.133 e. The molecule has 0 radical (unpaired) electrons. The Hall–Kier alpha value is -1.59. The van der Waals surface area contributed by atoms with Crippen LogP contribution in [0.25, 0.3) is 16.3 Å². The lowest BCUT2D eigenvalue weighted by atomic mass is 10.1. The SMILES string of the molecule is Cc1csc(-c2nn(-c3ccc(Br)cc3)c3c2CCCCN3)c1. The standard InChI is InChI=1S/C18H18BrN3S/c1-12-10-16(23-11-12)17-15-4-2-3-9-20-18(15)22(21-17)14-7-5-13(19)6-8-14/h5-8,10-11,20H,2-4,9H2,1H3. The summed E-state index contributed by atoms with van der Waals surface area (Å²) in [5.74, 6) is 1.16. The number of nitrogens with zero attached hydrogens (tertiary/aromatic N) is 2. The quantitative estimate of drug-likeness (QED) is 0.635. The predicted molar refractivity (Wildman–Crippen MR) is 101 cm³/mol. The van der Waals surface area contributed by atoms with Crippen LogP contribution < -0.4 is 5.32 Å². The third kappa shape index (κ3) is 2.83. The molecule has 2 aromatic heterocycles. The van der Waals surface area contributed by atoms with Crippen LogP contribution >= 0.6 is 27.3 Å². The second kappa shape index (κ2) is 6.13. The Bertz CT molecular complexity index is 833. The van der Waals surface area contributed by atoms with Crippen LogP contribution in [0.15, 0.2) is 40.2 Å². The maximum Gasteiger partial charge on any atom is 0.133 e. The van der Waals surface area contributed by atoms with Gasteiger partial charge in [0.1, 0.15) is 11.5 Å². The minimum absolute atomic E-state index is 1.01. The van der Waals surface area contributed by atoms with Gasteiger partial charge in [-0.3, -0.25) is 0 Å². The van der Waals surface area contributed by atoms with Gasteiger partial charge in [0.15, 0.2) is 0 Å². The minimum Gasteiger partial charge on any atom is -0.370 e. The fourth-order valence-electron chi connectivity index (χ4n) is 3.02. The summed E-state index contributed by atoms with van der Waals surface area (Å²) in [7, 11) is 0.